The van der Waals surface area contributed by atoms with Crippen molar-refractivity contribution in [3.63, 3.8) is 0 Å². The molecule has 1 fully saturated rings. The molecule has 33 heavy (non-hydrogen) atoms. The van der Waals surface area contributed by atoms with Gasteiger partial charge in [-0.1, -0.05) is 90.6 Å². The lowest BCUT2D eigenvalue weighted by Crippen LogP contribution is -2.29. The van der Waals surface area contributed by atoms with Crippen LogP contribution in [0.1, 0.15) is 36.8 Å². The number of fused-ring (bicyclic) bond motifs is 1. The number of nitrogens with zero attached hydrogens (tertiary/aromatic N) is 1. The van der Waals surface area contributed by atoms with Crippen molar-refractivity contribution >= 4 is 62.7 Å². The third kappa shape index (κ3) is 6.09. The second kappa shape index (κ2) is 10.8. The summed E-state index contributed by atoms with van der Waals surface area (Å²) in [5.41, 5.74) is 3.00. The van der Waals surface area contributed by atoms with E-state index < -0.39 is 0 Å². The summed E-state index contributed by atoms with van der Waals surface area (Å²) in [4.78, 5) is 27.4. The summed E-state index contributed by atoms with van der Waals surface area (Å²) in [6.07, 6.45) is 4.80. The van der Waals surface area contributed by atoms with E-state index in [1.165, 1.54) is 17.3 Å². The molecule has 3 aromatic rings. The van der Waals surface area contributed by atoms with Gasteiger partial charge in [0, 0.05) is 18.7 Å². The van der Waals surface area contributed by atoms with Gasteiger partial charge >= 0.3 is 0 Å². The minimum Gasteiger partial charge on any atom is -0.326 e. The number of unbranched alkanes of at least 4 members (excludes halogenated alkanes) is 2. The Bertz CT molecular complexity index is 1220. The van der Waals surface area contributed by atoms with Crippen LogP contribution in [0.15, 0.2) is 71.6 Å². The Balaban J connectivity index is 1.20. The number of thiocarbonyl (C=S) groups is 1. The van der Waals surface area contributed by atoms with E-state index >= 15 is 0 Å². The maximum Gasteiger partial charge on any atom is 0.266 e. The molecule has 2 amide bonds. The highest BCUT2D eigenvalue weighted by molar-refractivity contribution is 8.26. The van der Waals surface area contributed by atoms with E-state index in [0.29, 0.717) is 22.2 Å². The first-order chi connectivity index (χ1) is 16.0. The summed E-state index contributed by atoms with van der Waals surface area (Å²) in [5, 5.41) is 5.24. The molecule has 0 bridgehead atoms. The van der Waals surface area contributed by atoms with Crippen LogP contribution in [0.3, 0.4) is 0 Å². The zero-order valence-corrected chi connectivity index (χ0v) is 20.2. The van der Waals surface area contributed by atoms with Crippen LogP contribution < -0.4 is 5.32 Å². The van der Waals surface area contributed by atoms with Gasteiger partial charge in [-0.15, -0.1) is 0 Å². The minimum atomic E-state index is -0.0281. The molecule has 0 spiro atoms. The number of amides is 2. The number of benzene rings is 3. The molecule has 3 aromatic carbocycles. The van der Waals surface area contributed by atoms with Gasteiger partial charge in [-0.3, -0.25) is 14.5 Å². The number of aryl methyl sites for hydroxylation is 1. The van der Waals surface area contributed by atoms with Crippen molar-refractivity contribution in [1.29, 1.82) is 0 Å². The van der Waals surface area contributed by atoms with E-state index in [1.807, 2.05) is 73.7 Å². The van der Waals surface area contributed by atoms with Crippen molar-refractivity contribution in [1.82, 2.24) is 4.90 Å². The van der Waals surface area contributed by atoms with Gasteiger partial charge in [-0.05, 0) is 54.3 Å². The first-order valence-corrected chi connectivity index (χ1v) is 12.3. The molecule has 168 valence electrons. The Kier molecular flexibility index (Phi) is 7.57. The molecule has 0 aromatic heterocycles. The SMILES string of the molecule is Cc1ccc(/C=C2\SC(=S)N(CCCCCC(=O)Nc3ccc4ccccc4c3)C2=O)cc1. The molecule has 0 saturated carbocycles. The Hall–Kier alpha value is -2.96. The summed E-state index contributed by atoms with van der Waals surface area (Å²) >= 11 is 6.78. The van der Waals surface area contributed by atoms with Gasteiger partial charge in [0.25, 0.3) is 5.91 Å². The van der Waals surface area contributed by atoms with E-state index in [2.05, 4.69) is 11.4 Å². The van der Waals surface area contributed by atoms with Gasteiger partial charge in [-0.25, -0.2) is 0 Å². The third-order valence-electron chi connectivity index (χ3n) is 5.57. The van der Waals surface area contributed by atoms with Gasteiger partial charge in [0.2, 0.25) is 5.91 Å². The summed E-state index contributed by atoms with van der Waals surface area (Å²) in [6.45, 7) is 2.62. The fourth-order valence-corrected chi connectivity index (χ4v) is 5.04. The molecule has 1 aliphatic rings. The predicted octanol–water partition coefficient (Wildman–Crippen LogP) is 6.55. The number of thioether (sulfide) groups is 1. The zero-order valence-electron chi connectivity index (χ0n) is 18.5. The fourth-order valence-electron chi connectivity index (χ4n) is 3.73. The van der Waals surface area contributed by atoms with Crippen molar-refractivity contribution in [2.75, 3.05) is 11.9 Å². The molecular weight excluding hydrogens is 448 g/mol. The standard InChI is InChI=1S/C27H26N2O2S2/c1-19-10-12-20(13-11-19)17-24-26(31)29(27(32)33-24)16-6-2-3-9-25(30)28-23-15-14-21-7-4-5-8-22(21)18-23/h4-5,7-8,10-15,17-18H,2-3,6,9,16H2,1H3,(H,28,30)/b24-17-. The fraction of sp³-hybridized carbons (Fsp3) is 0.222. The Labute approximate surface area is 204 Å². The van der Waals surface area contributed by atoms with E-state index in [4.69, 9.17) is 12.2 Å². The van der Waals surface area contributed by atoms with Gasteiger partial charge in [0.1, 0.15) is 4.32 Å². The van der Waals surface area contributed by atoms with Crippen LogP contribution in [-0.2, 0) is 9.59 Å². The molecule has 6 heteroatoms. The average molecular weight is 475 g/mol. The molecule has 0 aliphatic carbocycles. The van der Waals surface area contributed by atoms with E-state index in [9.17, 15) is 9.59 Å². The normalized spacial score (nSPS) is 14.9. The number of anilines is 1. The second-order valence-electron chi connectivity index (χ2n) is 8.16. The lowest BCUT2D eigenvalue weighted by molar-refractivity contribution is -0.122. The molecule has 1 saturated heterocycles. The van der Waals surface area contributed by atoms with Gasteiger partial charge in [0.15, 0.2) is 0 Å². The lowest BCUT2D eigenvalue weighted by Gasteiger charge is -2.14. The summed E-state index contributed by atoms with van der Waals surface area (Å²) in [7, 11) is 0. The van der Waals surface area contributed by atoms with E-state index in [-0.39, 0.29) is 11.8 Å². The monoisotopic (exact) mass is 474 g/mol. The lowest BCUT2D eigenvalue weighted by atomic mass is 10.1. The minimum absolute atomic E-state index is 0.0110. The average Bonchev–Trinajstić information content (AvgIpc) is 3.07. The quantitative estimate of drug-likeness (QED) is 0.229. The largest absolute Gasteiger partial charge is 0.326 e. The van der Waals surface area contributed by atoms with Gasteiger partial charge < -0.3 is 5.32 Å². The Morgan fingerprint density at radius 3 is 2.55 bits per heavy atom. The Morgan fingerprint density at radius 2 is 1.76 bits per heavy atom. The van der Waals surface area contributed by atoms with Gasteiger partial charge in [0.05, 0.1) is 4.91 Å². The summed E-state index contributed by atoms with van der Waals surface area (Å²) < 4.78 is 0.604. The van der Waals surface area contributed by atoms with Crippen molar-refractivity contribution in [2.45, 2.75) is 32.6 Å². The smallest absolute Gasteiger partial charge is 0.266 e. The number of carbonyl (C=O) groups is 2. The van der Waals surface area contributed by atoms with E-state index in [1.54, 1.807) is 4.90 Å². The molecule has 0 atom stereocenters. The Morgan fingerprint density at radius 1 is 1.00 bits per heavy atom. The predicted molar refractivity (Wildman–Crippen MR) is 142 cm³/mol. The first-order valence-electron chi connectivity index (χ1n) is 11.1. The highest BCUT2D eigenvalue weighted by atomic mass is 32.2. The highest BCUT2D eigenvalue weighted by Crippen LogP contribution is 2.32. The van der Waals surface area contributed by atoms with E-state index in [0.717, 1.165) is 41.3 Å². The van der Waals surface area contributed by atoms with Crippen LogP contribution >= 0.6 is 24.0 Å². The summed E-state index contributed by atoms with van der Waals surface area (Å²) in [6, 6.07) is 22.1. The van der Waals surface area contributed by atoms with Crippen LogP contribution in [0.25, 0.3) is 16.8 Å². The number of hydrogen-bond donors (Lipinski definition) is 1. The highest BCUT2D eigenvalue weighted by Gasteiger charge is 2.31. The van der Waals surface area contributed by atoms with Gasteiger partial charge in [-0.2, -0.15) is 0 Å². The molecule has 0 unspecified atom stereocenters. The van der Waals surface area contributed by atoms with Crippen molar-refractivity contribution in [3.8, 4) is 0 Å². The number of carbonyl (C=O) groups excluding carboxylic acids is 2. The van der Waals surface area contributed by atoms with Crippen LogP contribution in [0.2, 0.25) is 0 Å². The topological polar surface area (TPSA) is 49.4 Å². The van der Waals surface area contributed by atoms with Crippen LogP contribution in [0, 0.1) is 6.92 Å². The number of rotatable bonds is 8. The van der Waals surface area contributed by atoms with Crippen LogP contribution in [-0.4, -0.2) is 27.6 Å². The molecular formula is C27H26N2O2S2. The molecule has 1 N–H and O–H groups in total. The maximum atomic E-state index is 12.7. The molecule has 0 radical (unpaired) electrons. The molecule has 1 aliphatic heterocycles. The van der Waals surface area contributed by atoms with Crippen molar-refractivity contribution in [3.05, 3.63) is 82.8 Å². The van der Waals surface area contributed by atoms with Crippen LogP contribution in [0.4, 0.5) is 5.69 Å². The number of nitrogens with one attached hydrogen (secondary N) is 1. The maximum absolute atomic E-state index is 12.7. The summed E-state index contributed by atoms with van der Waals surface area (Å²) in [5.74, 6) is -0.0171. The second-order valence-corrected chi connectivity index (χ2v) is 9.84. The molecule has 1 heterocycles. The van der Waals surface area contributed by atoms with Crippen molar-refractivity contribution in [2.24, 2.45) is 0 Å². The number of hydrogen-bond acceptors (Lipinski definition) is 4. The first kappa shape index (κ1) is 23.2. The molecule has 4 nitrogen and oxygen atoms in total. The van der Waals surface area contributed by atoms with Crippen molar-refractivity contribution < 1.29 is 9.59 Å². The zero-order chi connectivity index (χ0) is 23.2. The molecule has 4 rings (SSSR count). The van der Waals surface area contributed by atoms with Crippen LogP contribution in [0.5, 0.6) is 0 Å². The third-order valence-corrected chi connectivity index (χ3v) is 6.95.